The summed E-state index contributed by atoms with van der Waals surface area (Å²) in [5.74, 6) is 0.201. The van der Waals surface area contributed by atoms with Crippen LogP contribution in [0.15, 0.2) is 46.9 Å². The van der Waals surface area contributed by atoms with Gasteiger partial charge in [-0.3, -0.25) is 0 Å². The van der Waals surface area contributed by atoms with Gasteiger partial charge in [-0.1, -0.05) is 28.1 Å². The zero-order chi connectivity index (χ0) is 12.3. The number of rotatable bonds is 3. The van der Waals surface area contributed by atoms with Crippen LogP contribution >= 0.6 is 15.9 Å². The van der Waals surface area contributed by atoms with Gasteiger partial charge in [-0.25, -0.2) is 4.39 Å². The number of ether oxygens (including phenoxy) is 1. The van der Waals surface area contributed by atoms with Crippen molar-refractivity contribution in [2.75, 3.05) is 0 Å². The highest BCUT2D eigenvalue weighted by atomic mass is 79.9. The summed E-state index contributed by atoms with van der Waals surface area (Å²) in [7, 11) is 0. The predicted molar refractivity (Wildman–Crippen MR) is 66.5 cm³/mol. The summed E-state index contributed by atoms with van der Waals surface area (Å²) in [5, 5.41) is 8.87. The lowest BCUT2D eigenvalue weighted by Gasteiger charge is -2.07. The molecular weight excluding hydrogens is 287 g/mol. The fraction of sp³-hybridized carbons (Fsp3) is 0.0769. The molecule has 4 heteroatoms. The van der Waals surface area contributed by atoms with E-state index in [4.69, 9.17) is 9.84 Å². The van der Waals surface area contributed by atoms with Gasteiger partial charge < -0.3 is 9.84 Å². The summed E-state index contributed by atoms with van der Waals surface area (Å²) in [4.78, 5) is 0. The molecule has 0 unspecified atom stereocenters. The maximum atomic E-state index is 13.6. The van der Waals surface area contributed by atoms with E-state index in [1.54, 1.807) is 24.3 Å². The summed E-state index contributed by atoms with van der Waals surface area (Å²) in [6, 6.07) is 11.5. The molecule has 0 amide bonds. The molecule has 2 aromatic carbocycles. The standard InChI is InChI=1S/C13H10BrFO2/c14-10-2-1-3-11(7-10)17-13-5-4-9(8-16)6-12(13)15/h1-7,16H,8H2. The highest BCUT2D eigenvalue weighted by Gasteiger charge is 2.06. The minimum atomic E-state index is -0.489. The molecule has 0 aliphatic heterocycles. The largest absolute Gasteiger partial charge is 0.454 e. The molecule has 0 aromatic heterocycles. The molecule has 1 N–H and O–H groups in total. The summed E-state index contributed by atoms with van der Waals surface area (Å²) in [6.07, 6.45) is 0. The zero-order valence-electron chi connectivity index (χ0n) is 8.86. The molecule has 17 heavy (non-hydrogen) atoms. The smallest absolute Gasteiger partial charge is 0.166 e. The molecule has 0 spiro atoms. The molecule has 2 nitrogen and oxygen atoms in total. The maximum Gasteiger partial charge on any atom is 0.166 e. The molecule has 88 valence electrons. The second-order valence-electron chi connectivity index (χ2n) is 3.48. The normalized spacial score (nSPS) is 10.3. The second-order valence-corrected chi connectivity index (χ2v) is 4.40. The van der Waals surface area contributed by atoms with Crippen LogP contribution in [-0.2, 0) is 6.61 Å². The van der Waals surface area contributed by atoms with Crippen LogP contribution in [0.3, 0.4) is 0 Å². The molecule has 0 aliphatic rings. The van der Waals surface area contributed by atoms with Crippen molar-refractivity contribution in [3.05, 3.63) is 58.3 Å². The van der Waals surface area contributed by atoms with Gasteiger partial charge in [0.25, 0.3) is 0 Å². The van der Waals surface area contributed by atoms with E-state index in [9.17, 15) is 4.39 Å². The molecule has 2 aromatic rings. The third-order valence-electron chi connectivity index (χ3n) is 2.20. The van der Waals surface area contributed by atoms with Gasteiger partial charge in [-0.2, -0.15) is 0 Å². The van der Waals surface area contributed by atoms with Crippen molar-refractivity contribution in [3.8, 4) is 11.5 Å². The number of aliphatic hydroxyl groups is 1. The van der Waals surface area contributed by atoms with Crippen molar-refractivity contribution < 1.29 is 14.2 Å². The van der Waals surface area contributed by atoms with Crippen molar-refractivity contribution in [3.63, 3.8) is 0 Å². The summed E-state index contributed by atoms with van der Waals surface area (Å²) < 4.78 is 19.8. The monoisotopic (exact) mass is 296 g/mol. The lowest BCUT2D eigenvalue weighted by molar-refractivity contribution is 0.281. The van der Waals surface area contributed by atoms with Crippen LogP contribution in [0.5, 0.6) is 11.5 Å². The summed E-state index contributed by atoms with van der Waals surface area (Å²) >= 11 is 3.31. The van der Waals surface area contributed by atoms with Crippen LogP contribution < -0.4 is 4.74 Å². The number of hydrogen-bond acceptors (Lipinski definition) is 2. The number of aliphatic hydroxyl groups excluding tert-OH is 1. The Morgan fingerprint density at radius 3 is 2.65 bits per heavy atom. The van der Waals surface area contributed by atoms with E-state index >= 15 is 0 Å². The van der Waals surface area contributed by atoms with Crippen molar-refractivity contribution in [2.24, 2.45) is 0 Å². The number of hydrogen-bond donors (Lipinski definition) is 1. The minimum Gasteiger partial charge on any atom is -0.454 e. The first-order valence-electron chi connectivity index (χ1n) is 5.02. The molecule has 0 aliphatic carbocycles. The summed E-state index contributed by atoms with van der Waals surface area (Å²) in [6.45, 7) is -0.186. The highest BCUT2D eigenvalue weighted by Crippen LogP contribution is 2.27. The average molecular weight is 297 g/mol. The highest BCUT2D eigenvalue weighted by molar-refractivity contribution is 9.10. The third-order valence-corrected chi connectivity index (χ3v) is 2.70. The average Bonchev–Trinajstić information content (AvgIpc) is 2.32. The molecule has 0 radical (unpaired) electrons. The Hall–Kier alpha value is -1.39. The quantitative estimate of drug-likeness (QED) is 0.931. The Bertz CT molecular complexity index is 529. The van der Waals surface area contributed by atoms with Crippen LogP contribution in [0, 0.1) is 5.82 Å². The van der Waals surface area contributed by atoms with Gasteiger partial charge in [0.1, 0.15) is 5.75 Å². The van der Waals surface area contributed by atoms with Crippen molar-refractivity contribution >= 4 is 15.9 Å². The fourth-order valence-corrected chi connectivity index (χ4v) is 1.76. The van der Waals surface area contributed by atoms with E-state index in [1.165, 1.54) is 12.1 Å². The molecular formula is C13H10BrFO2. The number of halogens is 2. The first kappa shape index (κ1) is 12.1. The third kappa shape index (κ3) is 3.05. The maximum absolute atomic E-state index is 13.6. The van der Waals surface area contributed by atoms with Gasteiger partial charge in [0.2, 0.25) is 0 Å². The Balaban J connectivity index is 2.24. The van der Waals surface area contributed by atoms with Gasteiger partial charge in [0.15, 0.2) is 11.6 Å². The molecule has 0 heterocycles. The Labute approximate surface area is 107 Å². The topological polar surface area (TPSA) is 29.5 Å². The second kappa shape index (κ2) is 5.29. The van der Waals surface area contributed by atoms with Crippen molar-refractivity contribution in [1.82, 2.24) is 0 Å². The van der Waals surface area contributed by atoms with Gasteiger partial charge >= 0.3 is 0 Å². The molecule has 0 saturated heterocycles. The van der Waals surface area contributed by atoms with Crippen molar-refractivity contribution in [2.45, 2.75) is 6.61 Å². The van der Waals surface area contributed by atoms with Gasteiger partial charge in [0, 0.05) is 4.47 Å². The van der Waals surface area contributed by atoms with Crippen LogP contribution in [0.25, 0.3) is 0 Å². The molecule has 0 saturated carbocycles. The molecule has 0 fully saturated rings. The van der Waals surface area contributed by atoms with E-state index in [1.807, 2.05) is 6.07 Å². The lowest BCUT2D eigenvalue weighted by Crippen LogP contribution is -1.91. The lowest BCUT2D eigenvalue weighted by atomic mass is 10.2. The van der Waals surface area contributed by atoms with Crippen molar-refractivity contribution in [1.29, 1.82) is 0 Å². The predicted octanol–water partition coefficient (Wildman–Crippen LogP) is 3.87. The number of benzene rings is 2. The molecule has 0 bridgehead atoms. The zero-order valence-corrected chi connectivity index (χ0v) is 10.4. The van der Waals surface area contributed by atoms with E-state index in [-0.39, 0.29) is 12.4 Å². The van der Waals surface area contributed by atoms with E-state index in [0.29, 0.717) is 11.3 Å². The minimum absolute atomic E-state index is 0.139. The van der Waals surface area contributed by atoms with Crippen LogP contribution in [0.2, 0.25) is 0 Å². The van der Waals surface area contributed by atoms with Crippen LogP contribution in [-0.4, -0.2) is 5.11 Å². The first-order valence-corrected chi connectivity index (χ1v) is 5.81. The molecule has 0 atom stereocenters. The van der Waals surface area contributed by atoms with E-state index in [2.05, 4.69) is 15.9 Å². The Morgan fingerprint density at radius 2 is 2.00 bits per heavy atom. The van der Waals surface area contributed by atoms with Gasteiger partial charge in [-0.05, 0) is 35.9 Å². The fourth-order valence-electron chi connectivity index (χ4n) is 1.38. The molecule has 2 rings (SSSR count). The van der Waals surface area contributed by atoms with E-state index < -0.39 is 5.82 Å². The van der Waals surface area contributed by atoms with Gasteiger partial charge in [-0.15, -0.1) is 0 Å². The SMILES string of the molecule is OCc1ccc(Oc2cccc(Br)c2)c(F)c1. The first-order chi connectivity index (χ1) is 8.19. The van der Waals surface area contributed by atoms with Gasteiger partial charge in [0.05, 0.1) is 6.61 Å². The Morgan fingerprint density at radius 1 is 1.18 bits per heavy atom. The van der Waals surface area contributed by atoms with Crippen LogP contribution in [0.4, 0.5) is 4.39 Å². The van der Waals surface area contributed by atoms with E-state index in [0.717, 1.165) is 4.47 Å². The summed E-state index contributed by atoms with van der Waals surface area (Å²) in [5.41, 5.74) is 0.518. The van der Waals surface area contributed by atoms with Crippen LogP contribution in [0.1, 0.15) is 5.56 Å². The Kier molecular flexibility index (Phi) is 3.76.